The minimum atomic E-state index is -3.74. The Morgan fingerprint density at radius 2 is 1.87 bits per heavy atom. The van der Waals surface area contributed by atoms with Gasteiger partial charge in [0.05, 0.1) is 17.2 Å². The number of sulfonamides is 1. The molecule has 1 fully saturated rings. The summed E-state index contributed by atoms with van der Waals surface area (Å²) < 4.78 is 48.2. The minimum Gasteiger partial charge on any atom is -0.493 e. The summed E-state index contributed by atoms with van der Waals surface area (Å²) in [6.45, 7) is 9.75. The zero-order valence-corrected chi connectivity index (χ0v) is 19.6. The fraction of sp³-hybridized carbons (Fsp3) is 0.500. The van der Waals surface area contributed by atoms with E-state index in [0.29, 0.717) is 24.5 Å². The third-order valence-corrected chi connectivity index (χ3v) is 7.36. The molecule has 0 spiro atoms. The van der Waals surface area contributed by atoms with Gasteiger partial charge in [-0.1, -0.05) is 31.5 Å². The van der Waals surface area contributed by atoms with E-state index in [1.54, 1.807) is 24.3 Å². The number of hydrogen-bond donors (Lipinski definition) is 1. The average molecular weight is 449 g/mol. The van der Waals surface area contributed by atoms with E-state index in [-0.39, 0.29) is 23.3 Å². The number of ether oxygens (including phenoxy) is 1. The van der Waals surface area contributed by atoms with Crippen molar-refractivity contribution in [2.75, 3.05) is 30.5 Å². The van der Waals surface area contributed by atoms with Gasteiger partial charge in [0.15, 0.2) is 0 Å². The molecule has 2 unspecified atom stereocenters. The first kappa shape index (κ1) is 23.5. The minimum absolute atomic E-state index is 0.143. The smallest absolute Gasteiger partial charge is 0.264 e. The molecule has 1 heterocycles. The number of hydrogen-bond acceptors (Lipinski definition) is 4. The molecule has 1 saturated heterocycles. The second-order valence-corrected chi connectivity index (χ2v) is 10.6. The first-order valence-corrected chi connectivity index (χ1v) is 12.3. The first-order valence-electron chi connectivity index (χ1n) is 10.9. The fourth-order valence-electron chi connectivity index (χ4n) is 3.84. The predicted molar refractivity (Wildman–Crippen MR) is 123 cm³/mol. The van der Waals surface area contributed by atoms with Crippen LogP contribution in [0, 0.1) is 25.7 Å². The molecule has 5 nitrogen and oxygen atoms in total. The molecule has 0 aliphatic carbocycles. The molecule has 1 aliphatic heterocycles. The number of rotatable bonds is 8. The van der Waals surface area contributed by atoms with Crippen LogP contribution in [0.25, 0.3) is 0 Å². The van der Waals surface area contributed by atoms with E-state index in [1.807, 2.05) is 45.9 Å². The Morgan fingerprint density at radius 1 is 1.16 bits per heavy atom. The van der Waals surface area contributed by atoms with Crippen molar-refractivity contribution in [3.05, 3.63) is 53.6 Å². The van der Waals surface area contributed by atoms with Gasteiger partial charge in [0.1, 0.15) is 11.9 Å². The van der Waals surface area contributed by atoms with E-state index >= 15 is 0 Å². The molecule has 0 aromatic heterocycles. The van der Waals surface area contributed by atoms with Crippen LogP contribution < -0.4 is 14.4 Å². The summed E-state index contributed by atoms with van der Waals surface area (Å²) in [6.07, 6.45) is -0.191. The number of nitrogens with one attached hydrogen (secondary N) is 1. The van der Waals surface area contributed by atoms with Gasteiger partial charge in [0.2, 0.25) is 0 Å². The van der Waals surface area contributed by atoms with Gasteiger partial charge >= 0.3 is 0 Å². The van der Waals surface area contributed by atoms with E-state index in [4.69, 9.17) is 4.74 Å². The Labute approximate surface area is 185 Å². The molecule has 0 saturated carbocycles. The van der Waals surface area contributed by atoms with E-state index < -0.39 is 16.2 Å². The van der Waals surface area contributed by atoms with Gasteiger partial charge in [-0.3, -0.25) is 4.31 Å². The van der Waals surface area contributed by atoms with E-state index in [0.717, 1.165) is 24.1 Å². The highest BCUT2D eigenvalue weighted by Gasteiger charge is 2.28. The summed E-state index contributed by atoms with van der Waals surface area (Å²) in [7, 11) is -3.74. The molecule has 0 amide bonds. The van der Waals surface area contributed by atoms with Gasteiger partial charge < -0.3 is 10.1 Å². The Bertz CT molecular complexity index is 977. The van der Waals surface area contributed by atoms with Crippen molar-refractivity contribution < 1.29 is 17.5 Å². The van der Waals surface area contributed by atoms with Crippen molar-refractivity contribution in [1.82, 2.24) is 5.32 Å². The summed E-state index contributed by atoms with van der Waals surface area (Å²) in [6, 6.07) is 12.2. The van der Waals surface area contributed by atoms with Gasteiger partial charge in [-0.15, -0.1) is 0 Å². The van der Waals surface area contributed by atoms with Crippen LogP contribution >= 0.6 is 0 Å². The van der Waals surface area contributed by atoms with Gasteiger partial charge in [-0.2, -0.15) is 0 Å². The summed E-state index contributed by atoms with van der Waals surface area (Å²) in [5.74, 6) is 0.569. The topological polar surface area (TPSA) is 58.6 Å². The molecule has 2 aromatic rings. The summed E-state index contributed by atoms with van der Waals surface area (Å²) in [5, 5.41) is 3.03. The van der Waals surface area contributed by atoms with E-state index in [2.05, 4.69) is 5.32 Å². The van der Waals surface area contributed by atoms with Crippen LogP contribution in [0.4, 0.5) is 10.1 Å². The zero-order chi connectivity index (χ0) is 22.6. The lowest BCUT2D eigenvalue weighted by molar-refractivity contribution is 0.122. The highest BCUT2D eigenvalue weighted by molar-refractivity contribution is 7.92. The molecule has 0 bridgehead atoms. The molecule has 1 aliphatic rings. The third kappa shape index (κ3) is 5.77. The van der Waals surface area contributed by atoms with Crippen molar-refractivity contribution in [1.29, 1.82) is 0 Å². The zero-order valence-electron chi connectivity index (χ0n) is 18.8. The molecule has 31 heavy (non-hydrogen) atoms. The molecule has 2 atom stereocenters. The van der Waals surface area contributed by atoms with Crippen LogP contribution in [0.3, 0.4) is 0 Å². The maximum absolute atomic E-state index is 14.0. The molecule has 2 aromatic carbocycles. The Hall–Kier alpha value is -2.12. The summed E-state index contributed by atoms with van der Waals surface area (Å²) >= 11 is 0. The summed E-state index contributed by atoms with van der Waals surface area (Å²) in [4.78, 5) is 0.214. The monoisotopic (exact) mass is 448 g/mol. The standard InChI is InChI=1S/C24H33FN2O3S/c1-17(2)15-27(24-10-5-18(3)13-19(24)4)31(28,29)22-8-6-21(7-9-22)30-16-20-11-12-26-14-23(20)25/h5-10,13,17,20,23,26H,11-12,14-16H2,1-4H3. The Balaban J connectivity index is 1.79. The van der Waals surface area contributed by atoms with Crippen LogP contribution in [0.15, 0.2) is 47.4 Å². The highest BCUT2D eigenvalue weighted by atomic mass is 32.2. The quantitative estimate of drug-likeness (QED) is 0.647. The Kier molecular flexibility index (Phi) is 7.59. The molecule has 7 heteroatoms. The van der Waals surface area contributed by atoms with E-state index in [1.165, 1.54) is 4.31 Å². The van der Waals surface area contributed by atoms with Gasteiger partial charge in [0.25, 0.3) is 10.0 Å². The summed E-state index contributed by atoms with van der Waals surface area (Å²) in [5.41, 5.74) is 2.71. The number of piperidine rings is 1. The molecular formula is C24H33FN2O3S. The number of alkyl halides is 1. The van der Waals surface area contributed by atoms with Crippen molar-refractivity contribution >= 4 is 15.7 Å². The number of aryl methyl sites for hydroxylation is 2. The molecule has 3 rings (SSSR count). The van der Waals surface area contributed by atoms with Crippen LogP contribution in [0.2, 0.25) is 0 Å². The lowest BCUT2D eigenvalue weighted by atomic mass is 9.97. The SMILES string of the molecule is Cc1ccc(N(CC(C)C)S(=O)(=O)c2ccc(OCC3CCNCC3F)cc2)c(C)c1. The number of anilines is 1. The van der Waals surface area contributed by atoms with Crippen molar-refractivity contribution in [3.8, 4) is 5.75 Å². The first-order chi connectivity index (χ1) is 14.7. The lowest BCUT2D eigenvalue weighted by Crippen LogP contribution is -2.40. The third-order valence-electron chi connectivity index (χ3n) is 5.57. The number of benzene rings is 2. The number of nitrogens with zero attached hydrogens (tertiary/aromatic N) is 1. The molecule has 0 radical (unpaired) electrons. The second-order valence-electron chi connectivity index (χ2n) is 8.77. The van der Waals surface area contributed by atoms with Gasteiger partial charge in [-0.05, 0) is 68.6 Å². The number of halogens is 1. The largest absolute Gasteiger partial charge is 0.493 e. The molecule has 1 N–H and O–H groups in total. The van der Waals surface area contributed by atoms with Crippen LogP contribution in [0.5, 0.6) is 5.75 Å². The average Bonchev–Trinajstić information content (AvgIpc) is 2.72. The highest BCUT2D eigenvalue weighted by Crippen LogP contribution is 2.29. The van der Waals surface area contributed by atoms with Crippen LogP contribution in [-0.2, 0) is 10.0 Å². The van der Waals surface area contributed by atoms with Crippen molar-refractivity contribution in [2.24, 2.45) is 11.8 Å². The Morgan fingerprint density at radius 3 is 2.48 bits per heavy atom. The van der Waals surface area contributed by atoms with E-state index in [9.17, 15) is 12.8 Å². The molecule has 170 valence electrons. The van der Waals surface area contributed by atoms with Crippen LogP contribution in [0.1, 0.15) is 31.4 Å². The molecular weight excluding hydrogens is 415 g/mol. The predicted octanol–water partition coefficient (Wildman–Crippen LogP) is 4.48. The van der Waals surface area contributed by atoms with Gasteiger partial charge in [0, 0.05) is 19.0 Å². The van der Waals surface area contributed by atoms with Crippen molar-refractivity contribution in [2.45, 2.75) is 45.2 Å². The normalized spacial score (nSPS) is 19.4. The maximum atomic E-state index is 14.0. The van der Waals surface area contributed by atoms with Crippen LogP contribution in [-0.4, -0.2) is 40.8 Å². The van der Waals surface area contributed by atoms with Gasteiger partial charge in [-0.25, -0.2) is 12.8 Å². The lowest BCUT2D eigenvalue weighted by Gasteiger charge is -2.28. The maximum Gasteiger partial charge on any atom is 0.264 e. The fourth-order valence-corrected chi connectivity index (χ4v) is 5.54. The van der Waals surface area contributed by atoms with Crippen molar-refractivity contribution in [3.63, 3.8) is 0 Å². The second kappa shape index (κ2) is 10.0.